The fourth-order valence-corrected chi connectivity index (χ4v) is 3.45. The predicted octanol–water partition coefficient (Wildman–Crippen LogP) is 1.46. The Bertz CT molecular complexity index is 290. The first-order valence-corrected chi connectivity index (χ1v) is 8.40. The van der Waals surface area contributed by atoms with Gasteiger partial charge >= 0.3 is 0 Å². The van der Waals surface area contributed by atoms with E-state index in [0.29, 0.717) is 6.10 Å². The molecule has 1 aliphatic carbocycles. The van der Waals surface area contributed by atoms with E-state index < -0.39 is 0 Å². The predicted molar refractivity (Wildman–Crippen MR) is 79.9 cm³/mol. The maximum Gasteiger partial charge on any atom is 0.0829 e. The van der Waals surface area contributed by atoms with Gasteiger partial charge < -0.3 is 19.3 Å². The Morgan fingerprint density at radius 2 is 1.65 bits per heavy atom. The number of morpholine rings is 1. The van der Waals surface area contributed by atoms with Crippen molar-refractivity contribution in [2.24, 2.45) is 11.8 Å². The van der Waals surface area contributed by atoms with E-state index >= 15 is 0 Å². The van der Waals surface area contributed by atoms with E-state index in [2.05, 4.69) is 16.8 Å². The van der Waals surface area contributed by atoms with Crippen molar-refractivity contribution in [1.29, 1.82) is 0 Å². The van der Waals surface area contributed by atoms with Gasteiger partial charge in [-0.3, -0.25) is 0 Å². The minimum Gasteiger partial charge on any atom is -0.381 e. The van der Waals surface area contributed by atoms with E-state index in [9.17, 15) is 0 Å². The molecule has 0 spiro atoms. The molecule has 3 fully saturated rings. The Morgan fingerprint density at radius 1 is 0.950 bits per heavy atom. The number of rotatable bonds is 6. The van der Waals surface area contributed by atoms with E-state index in [0.717, 1.165) is 51.3 Å². The second-order valence-electron chi connectivity index (χ2n) is 6.97. The van der Waals surface area contributed by atoms with Crippen LogP contribution in [0.4, 0.5) is 0 Å². The van der Waals surface area contributed by atoms with Crippen LogP contribution in [0.15, 0.2) is 0 Å². The van der Waals surface area contributed by atoms with Crippen molar-refractivity contribution in [1.82, 2.24) is 9.80 Å². The quantitative estimate of drug-likeness (QED) is 0.736. The van der Waals surface area contributed by atoms with Crippen molar-refractivity contribution >= 4 is 0 Å². The summed E-state index contributed by atoms with van der Waals surface area (Å²) in [4.78, 5) is 5.09. The Kier molecular flexibility index (Phi) is 5.32. The van der Waals surface area contributed by atoms with Gasteiger partial charge in [-0.25, -0.2) is 0 Å². The molecule has 1 atom stereocenters. The van der Waals surface area contributed by atoms with Gasteiger partial charge in [-0.05, 0) is 44.6 Å². The summed E-state index contributed by atoms with van der Waals surface area (Å²) in [6, 6.07) is 0. The third kappa shape index (κ3) is 4.69. The lowest BCUT2D eigenvalue weighted by molar-refractivity contribution is -0.0405. The molecule has 1 saturated carbocycles. The topological polar surface area (TPSA) is 24.9 Å². The van der Waals surface area contributed by atoms with Crippen LogP contribution in [-0.4, -0.2) is 75.5 Å². The molecule has 0 unspecified atom stereocenters. The lowest BCUT2D eigenvalue weighted by Crippen LogP contribution is -2.47. The average molecular weight is 282 g/mol. The summed E-state index contributed by atoms with van der Waals surface area (Å²) in [6.45, 7) is 8.67. The van der Waals surface area contributed by atoms with E-state index in [-0.39, 0.29) is 0 Å². The zero-order valence-corrected chi connectivity index (χ0v) is 12.9. The van der Waals surface area contributed by atoms with Crippen LogP contribution in [0.25, 0.3) is 0 Å². The largest absolute Gasteiger partial charge is 0.381 e. The van der Waals surface area contributed by atoms with Gasteiger partial charge in [0.05, 0.1) is 12.7 Å². The number of hydrogen-bond donors (Lipinski definition) is 0. The molecular formula is C16H30N2O2. The van der Waals surface area contributed by atoms with Crippen LogP contribution in [0.1, 0.15) is 25.7 Å². The lowest BCUT2D eigenvalue weighted by atomic mass is 9.99. The summed E-state index contributed by atoms with van der Waals surface area (Å²) in [5.74, 6) is 1.81. The van der Waals surface area contributed by atoms with Gasteiger partial charge in [0, 0.05) is 45.9 Å². The van der Waals surface area contributed by atoms with Crippen LogP contribution in [0.2, 0.25) is 0 Å². The Morgan fingerprint density at radius 3 is 2.30 bits per heavy atom. The molecule has 0 aromatic rings. The number of likely N-dealkylation sites (N-methyl/N-ethyl adjacent to an activating group) is 1. The minimum absolute atomic E-state index is 0.410. The summed E-state index contributed by atoms with van der Waals surface area (Å²) in [5, 5.41) is 0. The number of hydrogen-bond acceptors (Lipinski definition) is 4. The van der Waals surface area contributed by atoms with Crippen molar-refractivity contribution < 1.29 is 9.47 Å². The van der Waals surface area contributed by atoms with Crippen molar-refractivity contribution in [2.75, 3.05) is 59.6 Å². The van der Waals surface area contributed by atoms with E-state index in [1.807, 2.05) is 0 Å². The summed E-state index contributed by atoms with van der Waals surface area (Å²) in [7, 11) is 2.21. The molecule has 2 saturated heterocycles. The summed E-state index contributed by atoms with van der Waals surface area (Å²) >= 11 is 0. The molecule has 2 heterocycles. The maximum absolute atomic E-state index is 5.96. The smallest absolute Gasteiger partial charge is 0.0829 e. The Hall–Kier alpha value is -0.160. The molecule has 4 heteroatoms. The van der Waals surface area contributed by atoms with Crippen LogP contribution in [0.3, 0.4) is 0 Å². The lowest BCUT2D eigenvalue weighted by Gasteiger charge is -2.36. The Labute approximate surface area is 123 Å². The van der Waals surface area contributed by atoms with Gasteiger partial charge in [0.1, 0.15) is 0 Å². The molecule has 20 heavy (non-hydrogen) atoms. The normalized spacial score (nSPS) is 30.0. The van der Waals surface area contributed by atoms with Gasteiger partial charge in [0.2, 0.25) is 0 Å². The highest BCUT2D eigenvalue weighted by Crippen LogP contribution is 2.30. The third-order valence-electron chi connectivity index (χ3n) is 4.87. The van der Waals surface area contributed by atoms with Crippen LogP contribution in [0.5, 0.6) is 0 Å². The zero-order chi connectivity index (χ0) is 13.8. The highest BCUT2D eigenvalue weighted by atomic mass is 16.5. The summed E-state index contributed by atoms with van der Waals surface area (Å²) in [5.41, 5.74) is 0. The molecule has 3 aliphatic rings. The van der Waals surface area contributed by atoms with Crippen molar-refractivity contribution in [3.05, 3.63) is 0 Å². The highest BCUT2D eigenvalue weighted by Gasteiger charge is 2.29. The summed E-state index contributed by atoms with van der Waals surface area (Å²) < 4.78 is 11.5. The van der Waals surface area contributed by atoms with Crippen molar-refractivity contribution in [3.63, 3.8) is 0 Å². The molecular weight excluding hydrogens is 252 g/mol. The first-order valence-electron chi connectivity index (χ1n) is 8.40. The molecule has 0 bridgehead atoms. The third-order valence-corrected chi connectivity index (χ3v) is 4.87. The Balaban J connectivity index is 1.48. The zero-order valence-electron chi connectivity index (χ0n) is 12.9. The van der Waals surface area contributed by atoms with Gasteiger partial charge in [0.15, 0.2) is 0 Å². The van der Waals surface area contributed by atoms with Crippen LogP contribution in [0, 0.1) is 11.8 Å². The van der Waals surface area contributed by atoms with Gasteiger partial charge in [0.25, 0.3) is 0 Å². The van der Waals surface area contributed by atoms with Crippen LogP contribution < -0.4 is 0 Å². The van der Waals surface area contributed by atoms with Gasteiger partial charge in [-0.2, -0.15) is 0 Å². The monoisotopic (exact) mass is 282 g/mol. The van der Waals surface area contributed by atoms with E-state index in [1.165, 1.54) is 38.8 Å². The van der Waals surface area contributed by atoms with Crippen molar-refractivity contribution in [2.45, 2.75) is 31.8 Å². The summed E-state index contributed by atoms with van der Waals surface area (Å²) in [6.07, 6.45) is 5.78. The molecule has 0 aromatic heterocycles. The first kappa shape index (κ1) is 14.8. The fraction of sp³-hybridized carbons (Fsp3) is 1.00. The van der Waals surface area contributed by atoms with E-state index in [4.69, 9.17) is 9.47 Å². The maximum atomic E-state index is 5.96. The molecule has 0 radical (unpaired) electrons. The average Bonchev–Trinajstić information content (AvgIpc) is 3.24. The number of nitrogens with zero attached hydrogens (tertiary/aromatic N) is 2. The van der Waals surface area contributed by atoms with Crippen LogP contribution in [-0.2, 0) is 9.47 Å². The van der Waals surface area contributed by atoms with Crippen LogP contribution >= 0.6 is 0 Å². The standard InChI is InChI=1S/C16H30N2O2/c1-17-6-9-20-16(12-17)13-18(10-14-2-3-14)11-15-4-7-19-8-5-15/h14-16H,2-13H2,1H3/t16-/m1/s1. The molecule has 3 rings (SSSR count). The molecule has 0 aromatic carbocycles. The first-order chi connectivity index (χ1) is 9.79. The fourth-order valence-electron chi connectivity index (χ4n) is 3.45. The molecule has 116 valence electrons. The molecule has 2 aliphatic heterocycles. The molecule has 0 N–H and O–H groups in total. The van der Waals surface area contributed by atoms with E-state index in [1.54, 1.807) is 0 Å². The SMILES string of the molecule is CN1CCO[C@@H](CN(CC2CCOCC2)CC2CC2)C1. The van der Waals surface area contributed by atoms with Gasteiger partial charge in [-0.15, -0.1) is 0 Å². The highest BCUT2D eigenvalue weighted by molar-refractivity contribution is 4.82. The second kappa shape index (κ2) is 7.21. The molecule has 4 nitrogen and oxygen atoms in total. The molecule has 0 amide bonds. The second-order valence-corrected chi connectivity index (χ2v) is 6.97. The van der Waals surface area contributed by atoms with Crippen molar-refractivity contribution in [3.8, 4) is 0 Å². The van der Waals surface area contributed by atoms with Gasteiger partial charge in [-0.1, -0.05) is 0 Å². The minimum atomic E-state index is 0.410. The number of ether oxygens (including phenoxy) is 2.